The largest absolute Gasteiger partial charge is 0.455 e. The van der Waals surface area contributed by atoms with Crippen molar-refractivity contribution in [2.24, 2.45) is 5.92 Å². The van der Waals surface area contributed by atoms with E-state index in [2.05, 4.69) is 5.32 Å². The first-order chi connectivity index (χ1) is 13.0. The van der Waals surface area contributed by atoms with Gasteiger partial charge in [0.25, 0.3) is 5.91 Å². The Hall–Kier alpha value is -3.15. The zero-order chi connectivity index (χ0) is 19.4. The Balaban J connectivity index is 1.54. The summed E-state index contributed by atoms with van der Waals surface area (Å²) in [5, 5.41) is 2.71. The Labute approximate surface area is 158 Å². The number of carbonyl (C=O) groups is 3. The summed E-state index contributed by atoms with van der Waals surface area (Å²) in [5.74, 6) is -1.61. The summed E-state index contributed by atoms with van der Waals surface area (Å²) in [7, 11) is 0. The number of anilines is 2. The Morgan fingerprint density at radius 2 is 1.74 bits per heavy atom. The molecule has 6 heteroatoms. The first-order valence-corrected chi connectivity index (χ1v) is 8.84. The fraction of sp³-hybridized carbons (Fsp3) is 0.286. The van der Waals surface area contributed by atoms with Crippen LogP contribution in [0.4, 0.5) is 11.4 Å². The second-order valence-corrected chi connectivity index (χ2v) is 6.66. The summed E-state index contributed by atoms with van der Waals surface area (Å²) < 4.78 is 5.13. The zero-order valence-electron chi connectivity index (χ0n) is 15.4. The molecule has 3 rings (SSSR count). The average Bonchev–Trinajstić information content (AvgIpc) is 3.04. The van der Waals surface area contributed by atoms with Crippen molar-refractivity contribution in [2.75, 3.05) is 23.4 Å². The Bertz CT molecular complexity index is 878. The van der Waals surface area contributed by atoms with Gasteiger partial charge in [-0.3, -0.25) is 14.4 Å². The van der Waals surface area contributed by atoms with E-state index in [9.17, 15) is 14.4 Å². The topological polar surface area (TPSA) is 75.7 Å². The Morgan fingerprint density at radius 3 is 2.44 bits per heavy atom. The van der Waals surface area contributed by atoms with Crippen molar-refractivity contribution < 1.29 is 19.1 Å². The van der Waals surface area contributed by atoms with Gasteiger partial charge in [-0.15, -0.1) is 0 Å². The SMILES string of the molecule is Cc1ccccc1NC(=O)COC(=O)[C@@H]1CC(=O)N(c2ccccc2C)C1. The monoisotopic (exact) mass is 366 g/mol. The maximum absolute atomic E-state index is 12.3. The molecule has 1 saturated heterocycles. The molecule has 2 aromatic carbocycles. The third kappa shape index (κ3) is 4.34. The van der Waals surface area contributed by atoms with Gasteiger partial charge in [-0.1, -0.05) is 36.4 Å². The highest BCUT2D eigenvalue weighted by Crippen LogP contribution is 2.28. The third-order valence-electron chi connectivity index (χ3n) is 4.63. The van der Waals surface area contributed by atoms with Gasteiger partial charge >= 0.3 is 5.97 Å². The van der Waals surface area contributed by atoms with Crippen molar-refractivity contribution in [1.29, 1.82) is 0 Å². The summed E-state index contributed by atoms with van der Waals surface area (Å²) in [6.07, 6.45) is 0.0899. The van der Waals surface area contributed by atoms with E-state index in [1.807, 2.05) is 56.3 Å². The number of esters is 1. The van der Waals surface area contributed by atoms with E-state index < -0.39 is 17.8 Å². The first kappa shape index (κ1) is 18.6. The molecule has 0 bridgehead atoms. The number of carbonyl (C=O) groups excluding carboxylic acids is 3. The van der Waals surface area contributed by atoms with Gasteiger partial charge in [0, 0.05) is 24.3 Å². The lowest BCUT2D eigenvalue weighted by molar-refractivity contribution is -0.151. The fourth-order valence-electron chi connectivity index (χ4n) is 3.12. The standard InChI is InChI=1S/C21H22N2O4/c1-14-7-3-5-9-17(14)22-19(24)13-27-21(26)16-11-20(25)23(12-16)18-10-6-4-8-15(18)2/h3-10,16H,11-13H2,1-2H3,(H,22,24)/t16-/m1/s1. The predicted octanol–water partition coefficient (Wildman–Crippen LogP) is 2.84. The molecule has 6 nitrogen and oxygen atoms in total. The maximum Gasteiger partial charge on any atom is 0.311 e. The van der Waals surface area contributed by atoms with Crippen LogP contribution in [0.2, 0.25) is 0 Å². The molecule has 27 heavy (non-hydrogen) atoms. The van der Waals surface area contributed by atoms with Crippen molar-refractivity contribution in [1.82, 2.24) is 0 Å². The molecule has 0 aliphatic carbocycles. The molecule has 1 N–H and O–H groups in total. The quantitative estimate of drug-likeness (QED) is 0.826. The number of nitrogens with one attached hydrogen (secondary N) is 1. The van der Waals surface area contributed by atoms with E-state index in [1.54, 1.807) is 11.0 Å². The van der Waals surface area contributed by atoms with Gasteiger partial charge in [0.1, 0.15) is 0 Å². The molecule has 0 radical (unpaired) electrons. The van der Waals surface area contributed by atoms with Crippen LogP contribution < -0.4 is 10.2 Å². The molecule has 140 valence electrons. The van der Waals surface area contributed by atoms with Crippen molar-refractivity contribution in [2.45, 2.75) is 20.3 Å². The van der Waals surface area contributed by atoms with Crippen LogP contribution in [0.15, 0.2) is 48.5 Å². The maximum atomic E-state index is 12.3. The zero-order valence-corrected chi connectivity index (χ0v) is 15.4. The fourth-order valence-corrected chi connectivity index (χ4v) is 3.12. The Morgan fingerprint density at radius 1 is 1.07 bits per heavy atom. The van der Waals surface area contributed by atoms with Crippen LogP contribution in [0.1, 0.15) is 17.5 Å². The van der Waals surface area contributed by atoms with Crippen molar-refractivity contribution in [3.8, 4) is 0 Å². The van der Waals surface area contributed by atoms with Crippen LogP contribution in [0.25, 0.3) is 0 Å². The number of ether oxygens (including phenoxy) is 1. The molecule has 0 unspecified atom stereocenters. The number of rotatable bonds is 5. The summed E-state index contributed by atoms with van der Waals surface area (Å²) in [6.45, 7) is 3.69. The molecule has 2 aromatic rings. The predicted molar refractivity (Wildman–Crippen MR) is 102 cm³/mol. The van der Waals surface area contributed by atoms with E-state index >= 15 is 0 Å². The summed E-state index contributed by atoms with van der Waals surface area (Å²) in [4.78, 5) is 38.2. The minimum absolute atomic E-state index is 0.0899. The van der Waals surface area contributed by atoms with E-state index in [4.69, 9.17) is 4.74 Å². The van der Waals surface area contributed by atoms with Gasteiger partial charge in [0.15, 0.2) is 6.61 Å². The first-order valence-electron chi connectivity index (χ1n) is 8.84. The van der Waals surface area contributed by atoms with E-state index in [-0.39, 0.29) is 25.5 Å². The molecule has 1 aliphatic rings. The van der Waals surface area contributed by atoms with Crippen molar-refractivity contribution in [3.05, 3.63) is 59.7 Å². The lowest BCUT2D eigenvalue weighted by Gasteiger charge is -2.18. The van der Waals surface area contributed by atoms with Crippen LogP contribution >= 0.6 is 0 Å². The van der Waals surface area contributed by atoms with E-state index in [0.717, 1.165) is 16.8 Å². The van der Waals surface area contributed by atoms with Gasteiger partial charge in [0.2, 0.25) is 5.91 Å². The van der Waals surface area contributed by atoms with Gasteiger partial charge in [-0.2, -0.15) is 0 Å². The van der Waals surface area contributed by atoms with Gasteiger partial charge in [0.05, 0.1) is 5.92 Å². The van der Waals surface area contributed by atoms with Crippen LogP contribution in [0.5, 0.6) is 0 Å². The molecule has 2 amide bonds. The molecule has 0 spiro atoms. The van der Waals surface area contributed by atoms with E-state index in [1.165, 1.54) is 0 Å². The van der Waals surface area contributed by atoms with Gasteiger partial charge in [-0.25, -0.2) is 0 Å². The second kappa shape index (κ2) is 8.03. The molecular formula is C21H22N2O4. The second-order valence-electron chi connectivity index (χ2n) is 6.66. The van der Waals surface area contributed by atoms with Crippen LogP contribution in [0.3, 0.4) is 0 Å². The normalized spacial score (nSPS) is 16.3. The lowest BCUT2D eigenvalue weighted by atomic mass is 10.1. The number of hydrogen-bond acceptors (Lipinski definition) is 4. The number of para-hydroxylation sites is 2. The smallest absolute Gasteiger partial charge is 0.311 e. The van der Waals surface area contributed by atoms with Crippen LogP contribution in [-0.4, -0.2) is 30.9 Å². The molecular weight excluding hydrogens is 344 g/mol. The average molecular weight is 366 g/mol. The molecule has 1 fully saturated rings. The summed E-state index contributed by atoms with van der Waals surface area (Å²) >= 11 is 0. The number of amides is 2. The third-order valence-corrected chi connectivity index (χ3v) is 4.63. The molecule has 0 saturated carbocycles. The highest BCUT2D eigenvalue weighted by atomic mass is 16.5. The molecule has 1 heterocycles. The van der Waals surface area contributed by atoms with Crippen LogP contribution in [-0.2, 0) is 19.1 Å². The molecule has 1 aliphatic heterocycles. The van der Waals surface area contributed by atoms with Gasteiger partial charge < -0.3 is 15.0 Å². The summed E-state index contributed by atoms with van der Waals surface area (Å²) in [6, 6.07) is 14.9. The van der Waals surface area contributed by atoms with Crippen molar-refractivity contribution >= 4 is 29.2 Å². The van der Waals surface area contributed by atoms with E-state index in [0.29, 0.717) is 5.69 Å². The van der Waals surface area contributed by atoms with Crippen molar-refractivity contribution in [3.63, 3.8) is 0 Å². The Kier molecular flexibility index (Phi) is 5.54. The van der Waals surface area contributed by atoms with Gasteiger partial charge in [-0.05, 0) is 37.1 Å². The minimum Gasteiger partial charge on any atom is -0.455 e. The number of nitrogens with zero attached hydrogens (tertiary/aromatic N) is 1. The molecule has 0 aromatic heterocycles. The van der Waals surface area contributed by atoms with Crippen LogP contribution in [0, 0.1) is 19.8 Å². The highest BCUT2D eigenvalue weighted by Gasteiger charge is 2.36. The summed E-state index contributed by atoms with van der Waals surface area (Å²) in [5.41, 5.74) is 3.38. The lowest BCUT2D eigenvalue weighted by Crippen LogP contribution is -2.28. The number of benzene rings is 2. The highest BCUT2D eigenvalue weighted by molar-refractivity contribution is 6.00. The molecule has 1 atom stereocenters. The number of aryl methyl sites for hydroxylation is 2. The minimum atomic E-state index is -0.566. The number of hydrogen-bond donors (Lipinski definition) is 1.